The van der Waals surface area contributed by atoms with E-state index in [1.165, 1.54) is 0 Å². The second-order valence-electron chi connectivity index (χ2n) is 18.0. The Hall–Kier alpha value is -2.80. The summed E-state index contributed by atoms with van der Waals surface area (Å²) in [5.41, 5.74) is -3.70. The molecule has 1 N–H and O–H groups in total. The van der Waals surface area contributed by atoms with Crippen molar-refractivity contribution in [3.63, 3.8) is 0 Å². The molecular weight excluding hydrogens is 568 g/mol. The van der Waals surface area contributed by atoms with Crippen molar-refractivity contribution in [3.05, 3.63) is 35.4 Å². The van der Waals surface area contributed by atoms with Crippen molar-refractivity contribution >= 4 is 0 Å². The molecule has 0 atom stereocenters. The van der Waals surface area contributed by atoms with Crippen LogP contribution < -0.4 is 28.4 Å². The number of hydrogen-bond acceptors (Lipinski definition) is 7. The fourth-order valence-corrected chi connectivity index (χ4v) is 4.32. The van der Waals surface area contributed by atoms with Gasteiger partial charge in [-0.1, -0.05) is 0 Å². The van der Waals surface area contributed by atoms with E-state index in [2.05, 4.69) is 0 Å². The van der Waals surface area contributed by atoms with Gasteiger partial charge in [-0.15, -0.1) is 0 Å². The van der Waals surface area contributed by atoms with E-state index in [-0.39, 0.29) is 0 Å². The standard InChI is InChI=1S/C38H62O7/c1-32(2,3)40-26-20-24(21-27(41-33(4,5)6)30(26)44-36(13,14)15)38(19,39)25-22-28(42-34(7,8)9)31(45-37(16,17)18)29(23-25)43-35(10,11)12/h20-23,39H,1-19H3. The number of benzene rings is 2. The molecule has 0 aliphatic heterocycles. The molecule has 7 nitrogen and oxygen atoms in total. The molecule has 0 heterocycles. The zero-order valence-corrected chi connectivity index (χ0v) is 31.7. The molecule has 0 aromatic heterocycles. The van der Waals surface area contributed by atoms with Crippen LogP contribution in [-0.2, 0) is 5.60 Å². The Bertz CT molecular complexity index is 1140. The highest BCUT2D eigenvalue weighted by Crippen LogP contribution is 2.50. The average Bonchev–Trinajstić information content (AvgIpc) is 2.72. The van der Waals surface area contributed by atoms with Crippen molar-refractivity contribution in [2.75, 3.05) is 0 Å². The monoisotopic (exact) mass is 630 g/mol. The summed E-state index contributed by atoms with van der Waals surface area (Å²) >= 11 is 0. The van der Waals surface area contributed by atoms with Crippen molar-refractivity contribution in [2.45, 2.75) is 171 Å². The smallest absolute Gasteiger partial charge is 0.204 e. The Balaban J connectivity index is 3.01. The lowest BCUT2D eigenvalue weighted by atomic mass is 9.87. The van der Waals surface area contributed by atoms with Gasteiger partial charge >= 0.3 is 0 Å². The summed E-state index contributed by atoms with van der Waals surface area (Å²) < 4.78 is 38.8. The first-order valence-electron chi connectivity index (χ1n) is 16.0. The van der Waals surface area contributed by atoms with E-state index in [1.54, 1.807) is 6.92 Å². The summed E-state index contributed by atoms with van der Waals surface area (Å²) in [4.78, 5) is 0. The summed E-state index contributed by atoms with van der Waals surface area (Å²) in [6, 6.07) is 7.32. The molecule has 2 aromatic carbocycles. The molecular formula is C38H62O7. The highest BCUT2D eigenvalue weighted by molar-refractivity contribution is 5.60. The summed E-state index contributed by atoms with van der Waals surface area (Å²) in [6.07, 6.45) is 0. The Labute approximate surface area is 273 Å². The third-order valence-electron chi connectivity index (χ3n) is 5.65. The molecule has 2 aromatic rings. The van der Waals surface area contributed by atoms with Gasteiger partial charge in [-0.2, -0.15) is 0 Å². The molecule has 0 fully saturated rings. The minimum atomic E-state index is -1.54. The van der Waals surface area contributed by atoms with Gasteiger partial charge in [0.2, 0.25) is 11.5 Å². The molecule has 0 spiro atoms. The van der Waals surface area contributed by atoms with Gasteiger partial charge in [0, 0.05) is 0 Å². The highest BCUT2D eigenvalue weighted by Gasteiger charge is 2.36. The summed E-state index contributed by atoms with van der Waals surface area (Å²) in [5.74, 6) is 2.85. The molecule has 0 aliphatic carbocycles. The van der Waals surface area contributed by atoms with Crippen LogP contribution in [0, 0.1) is 0 Å². The van der Waals surface area contributed by atoms with E-state index in [0.717, 1.165) is 0 Å². The maximum Gasteiger partial charge on any atom is 0.204 e. The third-order valence-corrected chi connectivity index (χ3v) is 5.65. The van der Waals surface area contributed by atoms with Crippen LogP contribution in [0.1, 0.15) is 143 Å². The van der Waals surface area contributed by atoms with E-state index < -0.39 is 39.2 Å². The zero-order chi connectivity index (χ0) is 35.2. The minimum Gasteiger partial charge on any atom is -0.484 e. The molecule has 0 saturated heterocycles. The van der Waals surface area contributed by atoms with Crippen molar-refractivity contribution < 1.29 is 33.5 Å². The number of aliphatic hydroxyl groups is 1. The van der Waals surface area contributed by atoms with Gasteiger partial charge in [0.15, 0.2) is 23.0 Å². The Kier molecular flexibility index (Phi) is 10.6. The predicted octanol–water partition coefficient (Wildman–Crippen LogP) is 10.0. The fourth-order valence-electron chi connectivity index (χ4n) is 4.32. The second-order valence-corrected chi connectivity index (χ2v) is 18.0. The Morgan fingerprint density at radius 2 is 0.511 bits per heavy atom. The summed E-state index contributed by atoms with van der Waals surface area (Å²) in [5, 5.41) is 12.5. The molecule has 0 unspecified atom stereocenters. The van der Waals surface area contributed by atoms with Crippen LogP contribution in [0.2, 0.25) is 0 Å². The maximum absolute atomic E-state index is 12.5. The largest absolute Gasteiger partial charge is 0.484 e. The van der Waals surface area contributed by atoms with Gasteiger partial charge in [0.25, 0.3) is 0 Å². The molecule has 0 bridgehead atoms. The van der Waals surface area contributed by atoms with Gasteiger partial charge in [0.1, 0.15) is 39.2 Å². The fraction of sp³-hybridized carbons (Fsp3) is 0.684. The molecule has 0 saturated carbocycles. The normalized spacial score (nSPS) is 13.8. The first-order valence-corrected chi connectivity index (χ1v) is 16.0. The maximum atomic E-state index is 12.5. The van der Waals surface area contributed by atoms with Crippen molar-refractivity contribution in [1.29, 1.82) is 0 Å². The Morgan fingerprint density at radius 1 is 0.333 bits per heavy atom. The van der Waals surface area contributed by atoms with E-state index in [1.807, 2.05) is 149 Å². The Morgan fingerprint density at radius 3 is 0.667 bits per heavy atom. The molecule has 256 valence electrons. The van der Waals surface area contributed by atoms with Crippen molar-refractivity contribution in [1.82, 2.24) is 0 Å². The number of hydrogen-bond donors (Lipinski definition) is 1. The van der Waals surface area contributed by atoms with Crippen LogP contribution in [0.25, 0.3) is 0 Å². The lowest BCUT2D eigenvalue weighted by Crippen LogP contribution is -2.31. The molecule has 0 amide bonds. The van der Waals surface area contributed by atoms with Gasteiger partial charge in [-0.25, -0.2) is 0 Å². The minimum absolute atomic E-state index is 0.472. The van der Waals surface area contributed by atoms with Crippen molar-refractivity contribution in [2.24, 2.45) is 0 Å². The third kappa shape index (κ3) is 12.5. The summed E-state index contributed by atoms with van der Waals surface area (Å²) in [7, 11) is 0. The number of ether oxygens (including phenoxy) is 6. The lowest BCUT2D eigenvalue weighted by molar-refractivity contribution is 0.0698. The molecule has 0 radical (unpaired) electrons. The van der Waals surface area contributed by atoms with Crippen LogP contribution in [-0.4, -0.2) is 38.7 Å². The molecule has 0 aliphatic rings. The van der Waals surface area contributed by atoms with Crippen LogP contribution in [0.15, 0.2) is 24.3 Å². The van der Waals surface area contributed by atoms with Crippen LogP contribution in [0.4, 0.5) is 0 Å². The first kappa shape index (κ1) is 38.4. The van der Waals surface area contributed by atoms with Crippen LogP contribution in [0.3, 0.4) is 0 Å². The van der Waals surface area contributed by atoms with Crippen molar-refractivity contribution in [3.8, 4) is 34.5 Å². The zero-order valence-electron chi connectivity index (χ0n) is 31.7. The molecule has 45 heavy (non-hydrogen) atoms. The van der Waals surface area contributed by atoms with Crippen LogP contribution in [0.5, 0.6) is 34.5 Å². The van der Waals surface area contributed by atoms with E-state index in [9.17, 15) is 5.11 Å². The second kappa shape index (κ2) is 12.4. The molecule has 7 heteroatoms. The summed E-state index contributed by atoms with van der Waals surface area (Å²) in [6.45, 7) is 37.3. The van der Waals surface area contributed by atoms with Gasteiger partial charge in [-0.3, -0.25) is 0 Å². The quantitative estimate of drug-likeness (QED) is 0.311. The SMILES string of the molecule is CC(C)(C)Oc1cc(C(C)(O)c2cc(OC(C)(C)C)c(OC(C)(C)C)c(OC(C)(C)C)c2)cc(OC(C)(C)C)c1OC(C)(C)C. The molecule has 2 rings (SSSR count). The predicted molar refractivity (Wildman–Crippen MR) is 184 cm³/mol. The van der Waals surface area contributed by atoms with Gasteiger partial charge in [0.05, 0.1) is 0 Å². The first-order chi connectivity index (χ1) is 19.7. The lowest BCUT2D eigenvalue weighted by Gasteiger charge is -2.34. The van der Waals surface area contributed by atoms with E-state index in [4.69, 9.17) is 28.4 Å². The van der Waals surface area contributed by atoms with E-state index >= 15 is 0 Å². The van der Waals surface area contributed by atoms with Gasteiger partial charge < -0.3 is 33.5 Å². The van der Waals surface area contributed by atoms with Crippen LogP contribution >= 0.6 is 0 Å². The van der Waals surface area contributed by atoms with Gasteiger partial charge in [-0.05, 0) is 167 Å². The highest BCUT2D eigenvalue weighted by atomic mass is 16.6. The topological polar surface area (TPSA) is 75.6 Å². The number of rotatable bonds is 8. The van der Waals surface area contributed by atoms with E-state index in [0.29, 0.717) is 45.6 Å². The average molecular weight is 631 g/mol.